The molecular formula is C13H19NO5S. The monoisotopic (exact) mass is 301 g/mol. The molecule has 0 aliphatic carbocycles. The maximum atomic E-state index is 12.4. The molecule has 0 aromatic heterocycles. The molecule has 1 saturated heterocycles. The molecule has 1 heterocycles. The molecule has 1 aromatic rings. The van der Waals surface area contributed by atoms with Gasteiger partial charge in [0.05, 0.1) is 24.7 Å². The molecule has 0 atom stereocenters. The molecule has 1 aliphatic heterocycles. The van der Waals surface area contributed by atoms with Crippen LogP contribution in [0.5, 0.6) is 11.5 Å². The maximum absolute atomic E-state index is 12.4. The fourth-order valence-corrected chi connectivity index (χ4v) is 3.24. The van der Waals surface area contributed by atoms with Gasteiger partial charge in [0.15, 0.2) is 11.5 Å². The minimum atomic E-state index is -3.64. The molecule has 0 amide bonds. The smallest absolute Gasteiger partial charge is 0.265 e. The quantitative estimate of drug-likeness (QED) is 0.802. The summed E-state index contributed by atoms with van der Waals surface area (Å²) in [6, 6.07) is 4.59. The fraction of sp³-hybridized carbons (Fsp3) is 0.538. The molecular weight excluding hydrogens is 282 g/mol. The van der Waals surface area contributed by atoms with Crippen molar-refractivity contribution in [3.8, 4) is 11.5 Å². The van der Waals surface area contributed by atoms with E-state index < -0.39 is 10.0 Å². The summed E-state index contributed by atoms with van der Waals surface area (Å²) in [7, 11) is -3.64. The van der Waals surface area contributed by atoms with Gasteiger partial charge in [-0.15, -0.1) is 0 Å². The van der Waals surface area contributed by atoms with Crippen molar-refractivity contribution >= 4 is 10.0 Å². The normalized spacial score (nSPS) is 16.3. The molecule has 1 aromatic carbocycles. The summed E-state index contributed by atoms with van der Waals surface area (Å²) < 4.78 is 36.6. The van der Waals surface area contributed by atoms with Gasteiger partial charge in [-0.05, 0) is 32.4 Å². The van der Waals surface area contributed by atoms with E-state index in [1.165, 1.54) is 12.1 Å². The molecule has 0 saturated carbocycles. The second kappa shape index (κ2) is 6.43. The third-order valence-corrected chi connectivity index (χ3v) is 4.47. The predicted octanol–water partition coefficient (Wildman–Crippen LogP) is 1.81. The van der Waals surface area contributed by atoms with Crippen molar-refractivity contribution in [2.45, 2.75) is 25.2 Å². The third kappa shape index (κ3) is 3.05. The number of sulfonamides is 1. The fourth-order valence-electron chi connectivity index (χ4n) is 1.92. The van der Waals surface area contributed by atoms with Gasteiger partial charge < -0.3 is 9.47 Å². The van der Waals surface area contributed by atoms with Gasteiger partial charge in [0.1, 0.15) is 0 Å². The summed E-state index contributed by atoms with van der Waals surface area (Å²) in [6.45, 7) is 5.41. The maximum Gasteiger partial charge on any atom is 0.265 e. The van der Waals surface area contributed by atoms with Crippen molar-refractivity contribution < 1.29 is 22.7 Å². The average molecular weight is 301 g/mol. The highest BCUT2D eigenvalue weighted by Crippen LogP contribution is 2.32. The second-order valence-corrected chi connectivity index (χ2v) is 6.02. The molecule has 1 fully saturated rings. The Kier molecular flexibility index (Phi) is 4.85. The zero-order chi connectivity index (χ0) is 14.6. The van der Waals surface area contributed by atoms with Crippen molar-refractivity contribution in [2.75, 3.05) is 26.4 Å². The topological polar surface area (TPSA) is 65.1 Å². The molecule has 20 heavy (non-hydrogen) atoms. The van der Waals surface area contributed by atoms with Crippen LogP contribution < -0.4 is 9.47 Å². The molecule has 6 nitrogen and oxygen atoms in total. The standard InChI is InChI=1S/C13H19NO5S/c1-3-17-12-7-6-11(10-13(12)18-4-2)20(15,16)14-8-5-9-19-14/h6-7,10H,3-5,8-9H2,1-2H3. The number of rotatable bonds is 6. The Balaban J connectivity index is 2.34. The van der Waals surface area contributed by atoms with E-state index in [1.807, 2.05) is 13.8 Å². The van der Waals surface area contributed by atoms with E-state index in [-0.39, 0.29) is 4.90 Å². The van der Waals surface area contributed by atoms with Gasteiger partial charge in [-0.25, -0.2) is 8.42 Å². The van der Waals surface area contributed by atoms with Crippen LogP contribution in [0.4, 0.5) is 0 Å². The summed E-state index contributed by atoms with van der Waals surface area (Å²) in [6.07, 6.45) is 0.703. The van der Waals surface area contributed by atoms with Crippen molar-refractivity contribution in [2.24, 2.45) is 0 Å². The Bertz CT molecular complexity index is 552. The Labute approximate surface area is 119 Å². The van der Waals surface area contributed by atoms with E-state index in [4.69, 9.17) is 14.3 Å². The van der Waals surface area contributed by atoms with E-state index in [0.29, 0.717) is 44.3 Å². The number of hydrogen-bond donors (Lipinski definition) is 0. The van der Waals surface area contributed by atoms with E-state index in [2.05, 4.69) is 0 Å². The van der Waals surface area contributed by atoms with E-state index in [0.717, 1.165) is 4.47 Å². The highest BCUT2D eigenvalue weighted by molar-refractivity contribution is 7.89. The van der Waals surface area contributed by atoms with Crippen molar-refractivity contribution in [3.05, 3.63) is 18.2 Å². The zero-order valence-corrected chi connectivity index (χ0v) is 12.5. The van der Waals surface area contributed by atoms with Gasteiger partial charge in [0, 0.05) is 12.6 Å². The van der Waals surface area contributed by atoms with Crippen LogP contribution in [-0.4, -0.2) is 39.3 Å². The minimum Gasteiger partial charge on any atom is -0.490 e. The molecule has 0 radical (unpaired) electrons. The largest absolute Gasteiger partial charge is 0.490 e. The van der Waals surface area contributed by atoms with E-state index >= 15 is 0 Å². The molecule has 0 N–H and O–H groups in total. The average Bonchev–Trinajstić information content (AvgIpc) is 2.96. The first-order chi connectivity index (χ1) is 9.59. The summed E-state index contributed by atoms with van der Waals surface area (Å²) >= 11 is 0. The lowest BCUT2D eigenvalue weighted by molar-refractivity contribution is -0.0284. The van der Waals surface area contributed by atoms with Crippen LogP contribution in [0.3, 0.4) is 0 Å². The van der Waals surface area contributed by atoms with Crippen LogP contribution in [-0.2, 0) is 14.9 Å². The third-order valence-electron chi connectivity index (χ3n) is 2.80. The second-order valence-electron chi connectivity index (χ2n) is 4.19. The number of nitrogens with zero attached hydrogens (tertiary/aromatic N) is 1. The number of benzene rings is 1. The lowest BCUT2D eigenvalue weighted by Crippen LogP contribution is -2.26. The van der Waals surface area contributed by atoms with E-state index in [1.54, 1.807) is 6.07 Å². The molecule has 2 rings (SSSR count). The van der Waals surface area contributed by atoms with Crippen LogP contribution in [0.1, 0.15) is 20.3 Å². The highest BCUT2D eigenvalue weighted by Gasteiger charge is 2.29. The Morgan fingerprint density at radius 1 is 1.20 bits per heavy atom. The van der Waals surface area contributed by atoms with Crippen molar-refractivity contribution in [1.82, 2.24) is 4.47 Å². The number of hydroxylamine groups is 1. The van der Waals surface area contributed by atoms with Gasteiger partial charge in [-0.3, -0.25) is 4.84 Å². The Morgan fingerprint density at radius 3 is 2.50 bits per heavy atom. The van der Waals surface area contributed by atoms with Crippen LogP contribution in [0.2, 0.25) is 0 Å². The van der Waals surface area contributed by atoms with Gasteiger partial charge in [0.25, 0.3) is 10.0 Å². The van der Waals surface area contributed by atoms with Crippen molar-refractivity contribution in [1.29, 1.82) is 0 Å². The number of hydrogen-bond acceptors (Lipinski definition) is 5. The van der Waals surface area contributed by atoms with Gasteiger partial charge in [0.2, 0.25) is 0 Å². The minimum absolute atomic E-state index is 0.145. The Morgan fingerprint density at radius 2 is 1.90 bits per heavy atom. The molecule has 7 heteroatoms. The van der Waals surface area contributed by atoms with Crippen LogP contribution >= 0.6 is 0 Å². The summed E-state index contributed by atoms with van der Waals surface area (Å²) in [4.78, 5) is 5.27. The first-order valence-corrected chi connectivity index (χ1v) is 8.09. The van der Waals surface area contributed by atoms with Gasteiger partial charge in [-0.2, -0.15) is 0 Å². The van der Waals surface area contributed by atoms with Crippen LogP contribution in [0.15, 0.2) is 23.1 Å². The zero-order valence-electron chi connectivity index (χ0n) is 11.7. The van der Waals surface area contributed by atoms with Gasteiger partial charge in [-0.1, -0.05) is 4.47 Å². The van der Waals surface area contributed by atoms with Gasteiger partial charge >= 0.3 is 0 Å². The number of ether oxygens (including phenoxy) is 2. The first-order valence-electron chi connectivity index (χ1n) is 6.65. The molecule has 112 valence electrons. The van der Waals surface area contributed by atoms with E-state index in [9.17, 15) is 8.42 Å². The predicted molar refractivity (Wildman–Crippen MR) is 73.2 cm³/mol. The first kappa shape index (κ1) is 15.1. The van der Waals surface area contributed by atoms with Crippen LogP contribution in [0.25, 0.3) is 0 Å². The summed E-state index contributed by atoms with van der Waals surface area (Å²) in [5.41, 5.74) is 0. The highest BCUT2D eigenvalue weighted by atomic mass is 32.2. The summed E-state index contributed by atoms with van der Waals surface area (Å²) in [5.74, 6) is 0.963. The summed E-state index contributed by atoms with van der Waals surface area (Å²) in [5, 5.41) is 0. The molecule has 0 unspecified atom stereocenters. The molecule has 0 bridgehead atoms. The molecule has 0 spiro atoms. The van der Waals surface area contributed by atoms with Crippen LogP contribution in [0, 0.1) is 0 Å². The SMILES string of the molecule is CCOc1ccc(S(=O)(=O)N2CCCO2)cc1OCC. The van der Waals surface area contributed by atoms with Crippen molar-refractivity contribution in [3.63, 3.8) is 0 Å². The lowest BCUT2D eigenvalue weighted by Gasteiger charge is -2.16. The lowest BCUT2D eigenvalue weighted by atomic mass is 10.3. The molecule has 1 aliphatic rings. The Hall–Kier alpha value is -1.31.